The maximum Gasteiger partial charge on any atom is 0.225 e. The van der Waals surface area contributed by atoms with Crippen LogP contribution in [0.5, 0.6) is 0 Å². The second-order valence-corrected chi connectivity index (χ2v) is 6.80. The molecule has 1 aromatic heterocycles. The van der Waals surface area contributed by atoms with Crippen LogP contribution in [0, 0.1) is 5.82 Å². The van der Waals surface area contributed by atoms with Crippen LogP contribution in [0.3, 0.4) is 0 Å². The zero-order valence-corrected chi connectivity index (χ0v) is 13.5. The van der Waals surface area contributed by atoms with Gasteiger partial charge in [-0.15, -0.1) is 0 Å². The predicted molar refractivity (Wildman–Crippen MR) is 88.0 cm³/mol. The van der Waals surface area contributed by atoms with Crippen LogP contribution in [0.4, 0.5) is 21.8 Å². The number of halogens is 2. The van der Waals surface area contributed by atoms with Gasteiger partial charge in [-0.3, -0.25) is 0 Å². The molecule has 0 saturated heterocycles. The molecule has 6 heteroatoms. The lowest BCUT2D eigenvalue weighted by atomic mass is 10.2. The molecule has 0 bridgehead atoms. The molecule has 4 rings (SSSR count). The summed E-state index contributed by atoms with van der Waals surface area (Å²) in [5.74, 6) is 1.72. The average molecular weight is 363 g/mol. The van der Waals surface area contributed by atoms with E-state index in [0.29, 0.717) is 22.4 Å². The van der Waals surface area contributed by atoms with Gasteiger partial charge in [0.05, 0.1) is 11.4 Å². The fourth-order valence-electron chi connectivity index (χ4n) is 2.32. The Morgan fingerprint density at radius 2 is 1.91 bits per heavy atom. The van der Waals surface area contributed by atoms with Crippen LogP contribution in [-0.2, 0) is 0 Å². The molecule has 0 unspecified atom stereocenters. The molecule has 0 radical (unpaired) electrons. The molecule has 2 aliphatic rings. The van der Waals surface area contributed by atoms with E-state index in [0.717, 1.165) is 17.2 Å². The normalized spacial score (nSPS) is 17.4. The minimum absolute atomic E-state index is 0.269. The summed E-state index contributed by atoms with van der Waals surface area (Å²) >= 11 is 3.37. The van der Waals surface area contributed by atoms with Crippen molar-refractivity contribution >= 4 is 33.4 Å². The first-order valence-electron chi connectivity index (χ1n) is 7.55. The summed E-state index contributed by atoms with van der Waals surface area (Å²) in [6.07, 6.45) is 4.76. The Balaban J connectivity index is 1.62. The lowest BCUT2D eigenvalue weighted by Gasteiger charge is -2.12. The Labute approximate surface area is 136 Å². The second kappa shape index (κ2) is 5.50. The van der Waals surface area contributed by atoms with Gasteiger partial charge in [0.2, 0.25) is 5.95 Å². The summed E-state index contributed by atoms with van der Waals surface area (Å²) in [6.45, 7) is 0. The zero-order chi connectivity index (χ0) is 15.1. The minimum Gasteiger partial charge on any atom is -0.351 e. The monoisotopic (exact) mass is 362 g/mol. The highest BCUT2D eigenvalue weighted by molar-refractivity contribution is 9.10. The highest BCUT2D eigenvalue weighted by Crippen LogP contribution is 2.40. The fourth-order valence-corrected chi connectivity index (χ4v) is 2.77. The smallest absolute Gasteiger partial charge is 0.225 e. The summed E-state index contributed by atoms with van der Waals surface area (Å²) in [4.78, 5) is 9.15. The minimum atomic E-state index is -0.269. The lowest BCUT2D eigenvalue weighted by molar-refractivity contribution is 0.627. The van der Waals surface area contributed by atoms with Crippen LogP contribution in [-0.4, -0.2) is 16.0 Å². The molecular formula is C16H16BrFN4. The highest BCUT2D eigenvalue weighted by atomic mass is 79.9. The topological polar surface area (TPSA) is 49.8 Å². The Morgan fingerprint density at radius 3 is 2.59 bits per heavy atom. The first-order valence-corrected chi connectivity index (χ1v) is 8.34. The van der Waals surface area contributed by atoms with E-state index in [9.17, 15) is 4.39 Å². The van der Waals surface area contributed by atoms with Crippen molar-refractivity contribution in [2.24, 2.45) is 0 Å². The standard InChI is InChI=1S/C16H16BrFN4/c17-12-7-10(18)3-6-13(12)20-15-8-14(9-1-2-9)21-16(22-15)19-11-4-5-11/h3,6-9,11H,1-2,4-5H2,(H2,19,20,21,22). The van der Waals surface area contributed by atoms with E-state index in [1.54, 1.807) is 6.07 Å². The van der Waals surface area contributed by atoms with E-state index in [-0.39, 0.29) is 5.82 Å². The summed E-state index contributed by atoms with van der Waals surface area (Å²) in [6, 6.07) is 7.08. The number of aromatic nitrogens is 2. The number of hydrogen-bond acceptors (Lipinski definition) is 4. The van der Waals surface area contributed by atoms with Crippen molar-refractivity contribution in [1.82, 2.24) is 9.97 Å². The molecule has 4 nitrogen and oxygen atoms in total. The van der Waals surface area contributed by atoms with Crippen LogP contribution in [0.15, 0.2) is 28.7 Å². The number of nitrogens with zero attached hydrogens (tertiary/aromatic N) is 2. The molecule has 22 heavy (non-hydrogen) atoms. The van der Waals surface area contributed by atoms with Crippen molar-refractivity contribution in [1.29, 1.82) is 0 Å². The van der Waals surface area contributed by atoms with Crippen LogP contribution in [0.1, 0.15) is 37.3 Å². The first kappa shape index (κ1) is 13.9. The molecular weight excluding hydrogens is 347 g/mol. The van der Waals surface area contributed by atoms with Crippen molar-refractivity contribution in [2.45, 2.75) is 37.6 Å². The average Bonchev–Trinajstić information content (AvgIpc) is 3.35. The van der Waals surface area contributed by atoms with E-state index in [2.05, 4.69) is 36.5 Å². The Bertz CT molecular complexity index is 713. The SMILES string of the molecule is Fc1ccc(Nc2cc(C3CC3)nc(NC3CC3)n2)c(Br)c1. The number of benzene rings is 1. The molecule has 2 N–H and O–H groups in total. The zero-order valence-electron chi connectivity index (χ0n) is 11.9. The van der Waals surface area contributed by atoms with Gasteiger partial charge in [-0.2, -0.15) is 4.98 Å². The molecule has 2 fully saturated rings. The third-order valence-corrected chi connectivity index (χ3v) is 4.50. The largest absolute Gasteiger partial charge is 0.351 e. The van der Waals surface area contributed by atoms with Crippen molar-refractivity contribution in [2.75, 3.05) is 10.6 Å². The Hall–Kier alpha value is -1.69. The van der Waals surface area contributed by atoms with E-state index in [4.69, 9.17) is 0 Å². The van der Waals surface area contributed by atoms with Crippen molar-refractivity contribution in [3.05, 3.63) is 40.2 Å². The summed E-state index contributed by atoms with van der Waals surface area (Å²) in [5.41, 5.74) is 1.87. The first-order chi connectivity index (χ1) is 10.7. The van der Waals surface area contributed by atoms with Gasteiger partial charge in [-0.05, 0) is 59.8 Å². The maximum atomic E-state index is 13.2. The number of hydrogen-bond donors (Lipinski definition) is 2. The Kier molecular flexibility index (Phi) is 3.48. The molecule has 2 aromatic rings. The second-order valence-electron chi connectivity index (χ2n) is 5.94. The van der Waals surface area contributed by atoms with Gasteiger partial charge in [-0.1, -0.05) is 0 Å². The van der Waals surface area contributed by atoms with E-state index < -0.39 is 0 Å². The predicted octanol–water partition coefficient (Wildman–Crippen LogP) is 4.57. The summed E-state index contributed by atoms with van der Waals surface area (Å²) in [7, 11) is 0. The van der Waals surface area contributed by atoms with Crippen molar-refractivity contribution < 1.29 is 4.39 Å². The van der Waals surface area contributed by atoms with Gasteiger partial charge in [0.1, 0.15) is 11.6 Å². The third-order valence-electron chi connectivity index (χ3n) is 3.85. The lowest BCUT2D eigenvalue weighted by Crippen LogP contribution is -2.08. The van der Waals surface area contributed by atoms with Crippen LogP contribution in [0.2, 0.25) is 0 Å². The summed E-state index contributed by atoms with van der Waals surface area (Å²) < 4.78 is 13.9. The van der Waals surface area contributed by atoms with Gasteiger partial charge < -0.3 is 10.6 Å². The van der Waals surface area contributed by atoms with E-state index in [1.807, 2.05) is 6.07 Å². The summed E-state index contributed by atoms with van der Waals surface area (Å²) in [5, 5.41) is 6.61. The quantitative estimate of drug-likeness (QED) is 0.817. The molecule has 2 aliphatic carbocycles. The molecule has 2 saturated carbocycles. The molecule has 0 spiro atoms. The fraction of sp³-hybridized carbons (Fsp3) is 0.375. The molecule has 1 aromatic carbocycles. The number of nitrogens with one attached hydrogen (secondary N) is 2. The van der Waals surface area contributed by atoms with Gasteiger partial charge in [0, 0.05) is 22.5 Å². The van der Waals surface area contributed by atoms with Gasteiger partial charge in [0.15, 0.2) is 0 Å². The van der Waals surface area contributed by atoms with Gasteiger partial charge in [0.25, 0.3) is 0 Å². The van der Waals surface area contributed by atoms with Gasteiger partial charge in [-0.25, -0.2) is 9.37 Å². The highest BCUT2D eigenvalue weighted by Gasteiger charge is 2.28. The van der Waals surface area contributed by atoms with Crippen molar-refractivity contribution in [3.63, 3.8) is 0 Å². The van der Waals surface area contributed by atoms with Crippen LogP contribution >= 0.6 is 15.9 Å². The molecule has 0 atom stereocenters. The van der Waals surface area contributed by atoms with E-state index >= 15 is 0 Å². The Morgan fingerprint density at radius 1 is 1.09 bits per heavy atom. The third kappa shape index (κ3) is 3.21. The van der Waals surface area contributed by atoms with Gasteiger partial charge >= 0.3 is 0 Å². The van der Waals surface area contributed by atoms with Crippen molar-refractivity contribution in [3.8, 4) is 0 Å². The van der Waals surface area contributed by atoms with Crippen LogP contribution in [0.25, 0.3) is 0 Å². The number of rotatable bonds is 5. The molecule has 114 valence electrons. The number of anilines is 3. The molecule has 0 amide bonds. The van der Waals surface area contributed by atoms with E-state index in [1.165, 1.54) is 37.8 Å². The molecule has 0 aliphatic heterocycles. The maximum absolute atomic E-state index is 13.2. The van der Waals surface area contributed by atoms with Crippen LogP contribution < -0.4 is 10.6 Å². The molecule has 1 heterocycles.